The van der Waals surface area contributed by atoms with Gasteiger partial charge in [-0.05, 0) is 73.1 Å². The highest BCUT2D eigenvalue weighted by molar-refractivity contribution is 6.42. The lowest BCUT2D eigenvalue weighted by atomic mass is 9.73. The number of rotatable bonds is 4. The molecule has 3 aromatic rings. The van der Waals surface area contributed by atoms with Crippen molar-refractivity contribution >= 4 is 52.4 Å². The Morgan fingerprint density at radius 1 is 0.967 bits per heavy atom. The average Bonchev–Trinajstić information content (AvgIpc) is 2.74. The Balaban J connectivity index is 0.00000256. The molecule has 0 radical (unpaired) electrons. The smallest absolute Gasteiger partial charge is 0.316 e. The van der Waals surface area contributed by atoms with Gasteiger partial charge in [0.2, 0.25) is 0 Å². The Kier molecular flexibility index (Phi) is 7.30. The highest BCUT2D eigenvalue weighted by Crippen LogP contribution is 2.39. The van der Waals surface area contributed by atoms with Crippen molar-refractivity contribution in [1.29, 1.82) is 0 Å². The molecular weight excluding hydrogens is 441 g/mol. The number of likely N-dealkylation sites (tertiary alicyclic amines) is 1. The van der Waals surface area contributed by atoms with E-state index in [0.29, 0.717) is 22.9 Å². The van der Waals surface area contributed by atoms with Gasteiger partial charge < -0.3 is 9.64 Å². The van der Waals surface area contributed by atoms with E-state index in [2.05, 4.69) is 36.2 Å². The normalized spacial score (nSPS) is 16.1. The van der Waals surface area contributed by atoms with E-state index in [9.17, 15) is 4.79 Å². The zero-order valence-electron chi connectivity index (χ0n) is 16.7. The van der Waals surface area contributed by atoms with Gasteiger partial charge in [-0.15, -0.1) is 12.4 Å². The third-order valence-electron chi connectivity index (χ3n) is 5.89. The summed E-state index contributed by atoms with van der Waals surface area (Å²) in [6.07, 6.45) is 1.38. The Morgan fingerprint density at radius 2 is 1.67 bits per heavy atom. The van der Waals surface area contributed by atoms with Gasteiger partial charge in [0.1, 0.15) is 6.61 Å². The Labute approximate surface area is 193 Å². The van der Waals surface area contributed by atoms with E-state index in [-0.39, 0.29) is 25.0 Å². The number of esters is 1. The number of carbonyl (C=O) groups excluding carboxylic acids is 1. The number of halogens is 3. The largest absolute Gasteiger partial charge is 0.460 e. The van der Waals surface area contributed by atoms with Crippen molar-refractivity contribution in [2.45, 2.75) is 24.9 Å². The van der Waals surface area contributed by atoms with Crippen LogP contribution in [0.2, 0.25) is 10.0 Å². The van der Waals surface area contributed by atoms with Crippen LogP contribution in [0.25, 0.3) is 10.8 Å². The first kappa shape index (κ1) is 22.9. The average molecular weight is 465 g/mol. The van der Waals surface area contributed by atoms with Crippen LogP contribution in [0.1, 0.15) is 24.0 Å². The minimum absolute atomic E-state index is 0. The minimum Gasteiger partial charge on any atom is -0.460 e. The van der Waals surface area contributed by atoms with Crippen molar-refractivity contribution in [1.82, 2.24) is 4.90 Å². The van der Waals surface area contributed by atoms with Crippen molar-refractivity contribution in [2.24, 2.45) is 0 Å². The third kappa shape index (κ3) is 4.60. The highest BCUT2D eigenvalue weighted by Gasteiger charge is 2.44. The summed E-state index contributed by atoms with van der Waals surface area (Å²) in [4.78, 5) is 15.6. The minimum atomic E-state index is -0.697. The molecule has 3 nitrogen and oxygen atoms in total. The van der Waals surface area contributed by atoms with E-state index < -0.39 is 5.41 Å². The van der Waals surface area contributed by atoms with Gasteiger partial charge in [0.25, 0.3) is 0 Å². The molecule has 0 bridgehead atoms. The van der Waals surface area contributed by atoms with Crippen molar-refractivity contribution in [3.63, 3.8) is 0 Å². The molecule has 0 amide bonds. The standard InChI is InChI=1S/C24H23Cl2NO2.ClH/c1-27-12-10-24(11-13-27,20-8-9-21(25)22(26)15-20)23(28)29-16-17-6-7-18-4-2-3-5-19(18)14-17;/h2-9,14-15H,10-13,16H2,1H3;1H. The Hall–Kier alpha value is -1.78. The molecule has 0 atom stereocenters. The quantitative estimate of drug-likeness (QED) is 0.426. The number of benzene rings is 3. The molecule has 0 unspecified atom stereocenters. The van der Waals surface area contributed by atoms with Crippen LogP contribution in [0, 0.1) is 0 Å². The van der Waals surface area contributed by atoms with Crippen LogP contribution in [0.5, 0.6) is 0 Å². The van der Waals surface area contributed by atoms with Crippen molar-refractivity contribution in [3.8, 4) is 0 Å². The molecular formula is C24H24Cl3NO2. The molecule has 0 spiro atoms. The van der Waals surface area contributed by atoms with E-state index in [4.69, 9.17) is 27.9 Å². The maximum Gasteiger partial charge on any atom is 0.316 e. The first-order valence-corrected chi connectivity index (χ1v) is 10.5. The van der Waals surface area contributed by atoms with Gasteiger partial charge in [-0.2, -0.15) is 0 Å². The summed E-state index contributed by atoms with van der Waals surface area (Å²) in [6.45, 7) is 1.90. The number of piperidine rings is 1. The second kappa shape index (κ2) is 9.57. The Bertz CT molecular complexity index is 1050. The van der Waals surface area contributed by atoms with E-state index in [1.54, 1.807) is 6.07 Å². The fourth-order valence-corrected chi connectivity index (χ4v) is 4.32. The van der Waals surface area contributed by atoms with Crippen LogP contribution in [0.3, 0.4) is 0 Å². The third-order valence-corrected chi connectivity index (χ3v) is 6.63. The predicted octanol–water partition coefficient (Wildman–Crippen LogP) is 6.28. The van der Waals surface area contributed by atoms with E-state index >= 15 is 0 Å². The summed E-state index contributed by atoms with van der Waals surface area (Å²) < 4.78 is 5.85. The van der Waals surface area contributed by atoms with Crippen LogP contribution in [0.15, 0.2) is 60.7 Å². The Morgan fingerprint density at radius 3 is 2.37 bits per heavy atom. The number of nitrogens with zero attached hydrogens (tertiary/aromatic N) is 1. The van der Waals surface area contributed by atoms with Crippen LogP contribution in [0.4, 0.5) is 0 Å². The van der Waals surface area contributed by atoms with Crippen molar-refractivity contribution in [2.75, 3.05) is 20.1 Å². The van der Waals surface area contributed by atoms with E-state index in [1.165, 1.54) is 5.39 Å². The van der Waals surface area contributed by atoms with Crippen molar-refractivity contribution in [3.05, 3.63) is 81.8 Å². The molecule has 158 valence electrons. The maximum atomic E-state index is 13.3. The lowest BCUT2D eigenvalue weighted by Gasteiger charge is -2.39. The first-order chi connectivity index (χ1) is 14.0. The molecule has 30 heavy (non-hydrogen) atoms. The fraction of sp³-hybridized carbons (Fsp3) is 0.292. The molecule has 1 fully saturated rings. The number of hydrogen-bond donors (Lipinski definition) is 0. The summed E-state index contributed by atoms with van der Waals surface area (Å²) in [5.74, 6) is -0.197. The summed E-state index contributed by atoms with van der Waals surface area (Å²) in [5.41, 5.74) is 1.16. The molecule has 0 saturated carbocycles. The predicted molar refractivity (Wildman–Crippen MR) is 126 cm³/mol. The van der Waals surface area contributed by atoms with E-state index in [0.717, 1.165) is 29.6 Å². The highest BCUT2D eigenvalue weighted by atomic mass is 35.5. The monoisotopic (exact) mass is 463 g/mol. The first-order valence-electron chi connectivity index (χ1n) is 9.77. The fourth-order valence-electron chi connectivity index (χ4n) is 4.02. The van der Waals surface area contributed by atoms with Gasteiger partial charge in [0.15, 0.2) is 0 Å². The van der Waals surface area contributed by atoms with Crippen LogP contribution >= 0.6 is 35.6 Å². The molecule has 1 saturated heterocycles. The molecule has 0 N–H and O–H groups in total. The molecule has 0 aromatic heterocycles. The lowest BCUT2D eigenvalue weighted by molar-refractivity contribution is -0.154. The SMILES string of the molecule is CN1CCC(C(=O)OCc2ccc3ccccc3c2)(c2ccc(Cl)c(Cl)c2)CC1.Cl. The maximum absolute atomic E-state index is 13.3. The van der Waals surface area contributed by atoms with Gasteiger partial charge in [-0.25, -0.2) is 0 Å². The van der Waals surface area contributed by atoms with Gasteiger partial charge in [0, 0.05) is 0 Å². The lowest BCUT2D eigenvalue weighted by Crippen LogP contribution is -2.47. The summed E-state index contributed by atoms with van der Waals surface area (Å²) in [5, 5.41) is 3.26. The van der Waals surface area contributed by atoms with Crippen molar-refractivity contribution < 1.29 is 9.53 Å². The second-order valence-corrected chi connectivity index (χ2v) is 8.59. The zero-order valence-corrected chi connectivity index (χ0v) is 19.1. The summed E-state index contributed by atoms with van der Waals surface area (Å²) in [7, 11) is 2.07. The zero-order chi connectivity index (χ0) is 20.4. The van der Waals surface area contributed by atoms with Gasteiger partial charge >= 0.3 is 5.97 Å². The van der Waals surface area contributed by atoms with Gasteiger partial charge in [-0.3, -0.25) is 4.79 Å². The molecule has 3 aromatic carbocycles. The van der Waals surface area contributed by atoms with Crippen LogP contribution in [-0.4, -0.2) is 31.0 Å². The number of carbonyl (C=O) groups is 1. The van der Waals surface area contributed by atoms with Crippen LogP contribution in [-0.2, 0) is 21.6 Å². The number of fused-ring (bicyclic) bond motifs is 1. The number of ether oxygens (including phenoxy) is 1. The molecule has 6 heteroatoms. The molecule has 0 aliphatic carbocycles. The summed E-state index contributed by atoms with van der Waals surface area (Å²) in [6, 6.07) is 19.8. The van der Waals surface area contributed by atoms with Gasteiger partial charge in [0.05, 0.1) is 15.5 Å². The van der Waals surface area contributed by atoms with Gasteiger partial charge in [-0.1, -0.05) is 65.7 Å². The number of hydrogen-bond acceptors (Lipinski definition) is 3. The summed E-state index contributed by atoms with van der Waals surface area (Å²) >= 11 is 12.4. The molecule has 1 heterocycles. The molecule has 4 rings (SSSR count). The van der Waals surface area contributed by atoms with Crippen LogP contribution < -0.4 is 0 Å². The molecule has 1 aliphatic heterocycles. The second-order valence-electron chi connectivity index (χ2n) is 7.77. The molecule has 1 aliphatic rings. The van der Waals surface area contributed by atoms with E-state index in [1.807, 2.05) is 30.3 Å². The topological polar surface area (TPSA) is 29.5 Å².